The van der Waals surface area contributed by atoms with Gasteiger partial charge in [0.15, 0.2) is 11.0 Å². The molecule has 1 unspecified atom stereocenters. The van der Waals surface area contributed by atoms with Crippen LogP contribution in [0.4, 0.5) is 5.69 Å². The van der Waals surface area contributed by atoms with Gasteiger partial charge in [0.2, 0.25) is 5.91 Å². The predicted molar refractivity (Wildman–Crippen MR) is 109 cm³/mol. The van der Waals surface area contributed by atoms with Crippen LogP contribution in [0.15, 0.2) is 47.9 Å². The zero-order valence-corrected chi connectivity index (χ0v) is 17.0. The Balaban J connectivity index is 1.76. The van der Waals surface area contributed by atoms with Gasteiger partial charge >= 0.3 is 0 Å². The number of nitrogens with one attached hydrogen (secondary N) is 1. The number of anilines is 1. The molecule has 0 spiro atoms. The lowest BCUT2D eigenvalue weighted by atomic mass is 10.2. The zero-order valence-electron chi connectivity index (χ0n) is 14.7. The molecule has 9 heteroatoms. The summed E-state index contributed by atoms with van der Waals surface area (Å²) in [6.45, 7) is 4.50. The number of pyridine rings is 1. The Labute approximate surface area is 171 Å². The first-order chi connectivity index (χ1) is 13.0. The first-order valence-electron chi connectivity index (χ1n) is 8.26. The highest BCUT2D eigenvalue weighted by Crippen LogP contribution is 2.31. The molecule has 0 radical (unpaired) electrons. The van der Waals surface area contributed by atoms with Gasteiger partial charge < -0.3 is 9.88 Å². The van der Waals surface area contributed by atoms with E-state index in [1.165, 1.54) is 11.8 Å². The topological polar surface area (TPSA) is 72.7 Å². The summed E-state index contributed by atoms with van der Waals surface area (Å²) in [6, 6.07) is 8.86. The second kappa shape index (κ2) is 8.73. The van der Waals surface area contributed by atoms with Gasteiger partial charge in [0.25, 0.3) is 0 Å². The van der Waals surface area contributed by atoms with E-state index < -0.39 is 5.25 Å². The average Bonchev–Trinajstić information content (AvgIpc) is 3.08. The van der Waals surface area contributed by atoms with Crippen molar-refractivity contribution < 1.29 is 4.79 Å². The zero-order chi connectivity index (χ0) is 19.4. The molecule has 6 nitrogen and oxygen atoms in total. The molecular weight excluding hydrogens is 405 g/mol. The number of benzene rings is 1. The van der Waals surface area contributed by atoms with Gasteiger partial charge in [-0.1, -0.05) is 41.0 Å². The van der Waals surface area contributed by atoms with Crippen molar-refractivity contribution in [2.24, 2.45) is 0 Å². The Kier molecular flexibility index (Phi) is 6.36. The van der Waals surface area contributed by atoms with E-state index in [1.807, 2.05) is 23.6 Å². The number of hydrogen-bond acceptors (Lipinski definition) is 5. The maximum absolute atomic E-state index is 12.6. The molecule has 140 valence electrons. The molecule has 0 saturated heterocycles. The number of amides is 1. The maximum atomic E-state index is 12.6. The second-order valence-electron chi connectivity index (χ2n) is 5.64. The highest BCUT2D eigenvalue weighted by molar-refractivity contribution is 8.00. The lowest BCUT2D eigenvalue weighted by Crippen LogP contribution is -2.23. The Morgan fingerprint density at radius 2 is 1.96 bits per heavy atom. The third-order valence-electron chi connectivity index (χ3n) is 3.83. The third kappa shape index (κ3) is 4.43. The second-order valence-corrected chi connectivity index (χ2v) is 7.73. The number of aromatic nitrogens is 4. The normalized spacial score (nSPS) is 12.0. The molecule has 1 N–H and O–H groups in total. The average molecular weight is 422 g/mol. The van der Waals surface area contributed by atoms with Gasteiger partial charge in [-0.25, -0.2) is 0 Å². The number of hydrogen-bond donors (Lipinski definition) is 1. The Morgan fingerprint density at radius 3 is 2.67 bits per heavy atom. The van der Waals surface area contributed by atoms with E-state index in [2.05, 4.69) is 20.5 Å². The van der Waals surface area contributed by atoms with Gasteiger partial charge in [-0.2, -0.15) is 0 Å². The molecule has 0 aliphatic rings. The van der Waals surface area contributed by atoms with Crippen LogP contribution in [-0.4, -0.2) is 30.9 Å². The molecule has 1 atom stereocenters. The SMILES string of the molecule is CCn1c(SC(C)C(=O)Nc2cccc(Cl)c2Cl)nnc1-c1ccncc1. The molecule has 2 heterocycles. The van der Waals surface area contributed by atoms with Crippen LogP contribution >= 0.6 is 35.0 Å². The minimum Gasteiger partial charge on any atom is -0.324 e. The molecule has 0 aliphatic heterocycles. The largest absolute Gasteiger partial charge is 0.324 e. The highest BCUT2D eigenvalue weighted by Gasteiger charge is 2.21. The van der Waals surface area contributed by atoms with Crippen molar-refractivity contribution in [2.45, 2.75) is 30.8 Å². The number of thioether (sulfide) groups is 1. The smallest absolute Gasteiger partial charge is 0.237 e. The third-order valence-corrected chi connectivity index (χ3v) is 5.73. The molecule has 1 aromatic carbocycles. The first-order valence-corrected chi connectivity index (χ1v) is 9.90. The Bertz CT molecular complexity index is 948. The number of nitrogens with zero attached hydrogens (tertiary/aromatic N) is 4. The van der Waals surface area contributed by atoms with Crippen molar-refractivity contribution in [3.05, 3.63) is 52.8 Å². The Morgan fingerprint density at radius 1 is 1.22 bits per heavy atom. The van der Waals surface area contributed by atoms with Crippen LogP contribution in [0.3, 0.4) is 0 Å². The molecule has 3 aromatic rings. The van der Waals surface area contributed by atoms with Crippen molar-refractivity contribution in [3.8, 4) is 11.4 Å². The van der Waals surface area contributed by atoms with E-state index in [9.17, 15) is 4.79 Å². The van der Waals surface area contributed by atoms with Crippen LogP contribution < -0.4 is 5.32 Å². The summed E-state index contributed by atoms with van der Waals surface area (Å²) < 4.78 is 1.97. The van der Waals surface area contributed by atoms with E-state index in [4.69, 9.17) is 23.2 Å². The molecule has 3 rings (SSSR count). The van der Waals surface area contributed by atoms with Gasteiger partial charge in [0.05, 0.1) is 21.0 Å². The van der Waals surface area contributed by atoms with Crippen LogP contribution in [0.25, 0.3) is 11.4 Å². The predicted octanol–water partition coefficient (Wildman–Crippen LogP) is 4.79. The Hall–Kier alpha value is -2.09. The summed E-state index contributed by atoms with van der Waals surface area (Å²) in [7, 11) is 0. The van der Waals surface area contributed by atoms with Crippen molar-refractivity contribution in [1.29, 1.82) is 0 Å². The minimum absolute atomic E-state index is 0.194. The molecule has 0 saturated carbocycles. The fourth-order valence-corrected chi connectivity index (χ4v) is 3.68. The van der Waals surface area contributed by atoms with Crippen LogP contribution in [0, 0.1) is 0 Å². The fraction of sp³-hybridized carbons (Fsp3) is 0.222. The van der Waals surface area contributed by atoms with Crippen molar-refractivity contribution in [3.63, 3.8) is 0 Å². The van der Waals surface area contributed by atoms with Crippen LogP contribution in [0.1, 0.15) is 13.8 Å². The fourth-order valence-electron chi connectivity index (χ4n) is 2.42. The summed E-state index contributed by atoms with van der Waals surface area (Å²) in [4.78, 5) is 16.6. The summed E-state index contributed by atoms with van der Waals surface area (Å²) in [5, 5.41) is 12.3. The molecule has 27 heavy (non-hydrogen) atoms. The van der Waals surface area contributed by atoms with Crippen LogP contribution in [0.5, 0.6) is 0 Å². The van der Waals surface area contributed by atoms with Gasteiger partial charge in [-0.05, 0) is 38.1 Å². The van der Waals surface area contributed by atoms with Gasteiger partial charge in [0, 0.05) is 24.5 Å². The number of carbonyl (C=O) groups excluding carboxylic acids is 1. The van der Waals surface area contributed by atoms with E-state index in [0.717, 1.165) is 11.4 Å². The lowest BCUT2D eigenvalue weighted by Gasteiger charge is -2.14. The standard InChI is InChI=1S/C18H17Cl2N5OS/c1-3-25-16(12-7-9-21-10-8-12)23-24-18(25)27-11(2)17(26)22-14-6-4-5-13(19)15(14)20/h4-11H,3H2,1-2H3,(H,22,26). The quantitative estimate of drug-likeness (QED) is 0.579. The maximum Gasteiger partial charge on any atom is 0.237 e. The first kappa shape index (κ1) is 19.7. The van der Waals surface area contributed by atoms with E-state index in [1.54, 1.807) is 37.5 Å². The van der Waals surface area contributed by atoms with Gasteiger partial charge in [-0.3, -0.25) is 9.78 Å². The molecular formula is C18H17Cl2N5OS. The monoisotopic (exact) mass is 421 g/mol. The summed E-state index contributed by atoms with van der Waals surface area (Å²) in [6.07, 6.45) is 3.42. The summed E-state index contributed by atoms with van der Waals surface area (Å²) in [5.74, 6) is 0.549. The highest BCUT2D eigenvalue weighted by atomic mass is 35.5. The molecule has 0 fully saturated rings. The number of carbonyl (C=O) groups is 1. The summed E-state index contributed by atoms with van der Waals surface area (Å²) >= 11 is 13.5. The van der Waals surface area contributed by atoms with Crippen molar-refractivity contribution >= 4 is 46.6 Å². The molecule has 0 bridgehead atoms. The van der Waals surface area contributed by atoms with E-state index in [-0.39, 0.29) is 5.91 Å². The van der Waals surface area contributed by atoms with Crippen LogP contribution in [-0.2, 0) is 11.3 Å². The van der Waals surface area contributed by atoms with Gasteiger partial charge in [-0.15, -0.1) is 10.2 Å². The van der Waals surface area contributed by atoms with Crippen molar-refractivity contribution in [1.82, 2.24) is 19.7 Å². The number of rotatable bonds is 6. The summed E-state index contributed by atoms with van der Waals surface area (Å²) in [5.41, 5.74) is 1.41. The number of halogens is 2. The van der Waals surface area contributed by atoms with Crippen LogP contribution in [0.2, 0.25) is 10.0 Å². The lowest BCUT2D eigenvalue weighted by molar-refractivity contribution is -0.115. The van der Waals surface area contributed by atoms with Crippen molar-refractivity contribution in [2.75, 3.05) is 5.32 Å². The molecule has 2 aromatic heterocycles. The van der Waals surface area contributed by atoms with E-state index in [0.29, 0.717) is 27.4 Å². The molecule has 1 amide bonds. The minimum atomic E-state index is -0.403. The molecule has 0 aliphatic carbocycles. The van der Waals surface area contributed by atoms with E-state index >= 15 is 0 Å². The van der Waals surface area contributed by atoms with Gasteiger partial charge in [0.1, 0.15) is 0 Å².